The number of benzene rings is 1. The molecule has 0 aromatic heterocycles. The summed E-state index contributed by atoms with van der Waals surface area (Å²) in [4.78, 5) is 12.1. The normalized spacial score (nSPS) is 17.0. The van der Waals surface area contributed by atoms with Crippen LogP contribution in [0.25, 0.3) is 5.83 Å². The quantitative estimate of drug-likeness (QED) is 0.253. The van der Waals surface area contributed by atoms with Gasteiger partial charge in [-0.3, -0.25) is 0 Å². The average molecular weight is 399 g/mol. The highest BCUT2D eigenvalue weighted by molar-refractivity contribution is 5.89. The van der Waals surface area contributed by atoms with Gasteiger partial charge >= 0.3 is 5.97 Å². The molecule has 0 amide bonds. The van der Waals surface area contributed by atoms with Gasteiger partial charge < -0.3 is 4.74 Å². The van der Waals surface area contributed by atoms with Gasteiger partial charge in [0.25, 0.3) is 0 Å². The molecule has 0 N–H and O–H groups in total. The van der Waals surface area contributed by atoms with Crippen LogP contribution < -0.4 is 0 Å². The Bertz CT molecular complexity index is 810. The number of unbranched alkanes of at least 4 members (excludes halogenated alkanes) is 2. The third kappa shape index (κ3) is 5.68. The summed E-state index contributed by atoms with van der Waals surface area (Å²) in [5, 5.41) is 0. The first-order valence-electron chi connectivity index (χ1n) is 10.7. The van der Waals surface area contributed by atoms with Crippen LogP contribution in [0.15, 0.2) is 53.1 Å². The van der Waals surface area contributed by atoms with Crippen molar-refractivity contribution in [2.45, 2.75) is 73.1 Å². The van der Waals surface area contributed by atoms with Crippen LogP contribution in [0.5, 0.6) is 0 Å². The van der Waals surface area contributed by atoms with Gasteiger partial charge in [-0.1, -0.05) is 57.9 Å². The van der Waals surface area contributed by atoms with E-state index in [9.17, 15) is 4.79 Å². The lowest BCUT2D eigenvalue weighted by Crippen LogP contribution is -2.22. The molecule has 0 saturated heterocycles. The molecule has 0 unspecified atom stereocenters. The molecule has 29 heavy (non-hydrogen) atoms. The maximum Gasteiger partial charge on any atom is 0.338 e. The van der Waals surface area contributed by atoms with Gasteiger partial charge in [-0.25, -0.2) is 9.18 Å². The van der Waals surface area contributed by atoms with Gasteiger partial charge in [0.2, 0.25) is 0 Å². The Balaban J connectivity index is 2.18. The summed E-state index contributed by atoms with van der Waals surface area (Å²) in [5.74, 6) is -0.651. The first-order valence-corrected chi connectivity index (χ1v) is 10.7. The zero-order chi connectivity index (χ0) is 21.6. The Labute approximate surface area is 175 Å². The zero-order valence-corrected chi connectivity index (χ0v) is 18.7. The Kier molecular flexibility index (Phi) is 8.01. The molecule has 0 heterocycles. The van der Waals surface area contributed by atoms with Gasteiger partial charge in [-0.15, -0.1) is 0 Å². The van der Waals surface area contributed by atoms with E-state index < -0.39 is 0 Å². The summed E-state index contributed by atoms with van der Waals surface area (Å²) in [6, 6.07) is 6.54. The molecule has 0 atom stereocenters. The molecule has 0 aliphatic heterocycles. The average Bonchev–Trinajstić information content (AvgIpc) is 2.69. The van der Waals surface area contributed by atoms with E-state index in [0.29, 0.717) is 23.3 Å². The van der Waals surface area contributed by atoms with Crippen LogP contribution in [0.3, 0.4) is 0 Å². The van der Waals surface area contributed by atoms with Crippen molar-refractivity contribution in [3.63, 3.8) is 0 Å². The predicted octanol–water partition coefficient (Wildman–Crippen LogP) is 7.82. The largest absolute Gasteiger partial charge is 0.462 e. The Morgan fingerprint density at radius 1 is 1.17 bits per heavy atom. The summed E-state index contributed by atoms with van der Waals surface area (Å²) in [6.07, 6.45) is 6.28. The number of rotatable bonds is 8. The van der Waals surface area contributed by atoms with E-state index in [4.69, 9.17) is 4.74 Å². The van der Waals surface area contributed by atoms with Gasteiger partial charge in [-0.05, 0) is 73.8 Å². The lowest BCUT2D eigenvalue weighted by atomic mass is 9.69. The standard InChI is InChI=1S/C26H35FO2/c1-7-8-9-17-29-25(28)22-14-12-21(13-15-22)24(27)20(4)19(3)23-18(2)11-10-16-26(23,5)6/h12-15H,3,7-11,16-17H2,1-2,4-6H3. The van der Waals surface area contributed by atoms with E-state index in [-0.39, 0.29) is 17.2 Å². The Morgan fingerprint density at radius 3 is 2.38 bits per heavy atom. The molecule has 1 aliphatic rings. The second-order valence-corrected chi connectivity index (χ2v) is 8.73. The minimum atomic E-state index is -0.358. The minimum absolute atomic E-state index is 0.00630. The highest BCUT2D eigenvalue weighted by atomic mass is 19.1. The number of ether oxygens (including phenoxy) is 1. The van der Waals surface area contributed by atoms with E-state index >= 15 is 4.39 Å². The first kappa shape index (κ1) is 23.1. The number of allylic oxidation sites excluding steroid dienone is 4. The Morgan fingerprint density at radius 2 is 1.79 bits per heavy atom. The summed E-state index contributed by atoms with van der Waals surface area (Å²) < 4.78 is 20.5. The lowest BCUT2D eigenvalue weighted by molar-refractivity contribution is 0.0498. The van der Waals surface area contributed by atoms with Crippen molar-refractivity contribution in [1.82, 2.24) is 0 Å². The maximum absolute atomic E-state index is 15.2. The van der Waals surface area contributed by atoms with Crippen molar-refractivity contribution in [2.75, 3.05) is 6.61 Å². The summed E-state index contributed by atoms with van der Waals surface area (Å²) in [6.45, 7) is 15.1. The fraction of sp³-hybridized carbons (Fsp3) is 0.500. The number of hydrogen-bond donors (Lipinski definition) is 0. The molecule has 2 nitrogen and oxygen atoms in total. The highest BCUT2D eigenvalue weighted by Gasteiger charge is 2.31. The number of hydrogen-bond acceptors (Lipinski definition) is 2. The maximum atomic E-state index is 15.2. The van der Waals surface area contributed by atoms with Crippen molar-refractivity contribution in [3.8, 4) is 0 Å². The number of carbonyl (C=O) groups is 1. The molecule has 0 fully saturated rings. The molecule has 1 aromatic carbocycles. The molecule has 2 rings (SSSR count). The fourth-order valence-electron chi connectivity index (χ4n) is 4.18. The second kappa shape index (κ2) is 10.0. The molecule has 1 aromatic rings. The molecule has 0 bridgehead atoms. The van der Waals surface area contributed by atoms with Crippen LogP contribution in [0.2, 0.25) is 0 Å². The van der Waals surface area contributed by atoms with Crippen LogP contribution in [-0.2, 0) is 4.74 Å². The highest BCUT2D eigenvalue weighted by Crippen LogP contribution is 2.45. The fourth-order valence-corrected chi connectivity index (χ4v) is 4.18. The monoisotopic (exact) mass is 398 g/mol. The summed E-state index contributed by atoms with van der Waals surface area (Å²) in [7, 11) is 0. The van der Waals surface area contributed by atoms with Crippen molar-refractivity contribution < 1.29 is 13.9 Å². The molecule has 3 heteroatoms. The van der Waals surface area contributed by atoms with Gasteiger partial charge in [0.1, 0.15) is 5.83 Å². The van der Waals surface area contributed by atoms with Crippen molar-refractivity contribution in [2.24, 2.45) is 5.41 Å². The zero-order valence-electron chi connectivity index (χ0n) is 18.7. The van der Waals surface area contributed by atoms with Crippen LogP contribution in [0.4, 0.5) is 4.39 Å². The minimum Gasteiger partial charge on any atom is -0.462 e. The van der Waals surface area contributed by atoms with Gasteiger partial charge in [0.15, 0.2) is 0 Å². The second-order valence-electron chi connectivity index (χ2n) is 8.73. The van der Waals surface area contributed by atoms with E-state index in [1.54, 1.807) is 31.2 Å². The SMILES string of the molecule is C=C(C(C)=C(F)c1ccc(C(=O)OCCCCC)cc1)C1=C(C)CCCC1(C)C. The van der Waals surface area contributed by atoms with Gasteiger partial charge in [0.05, 0.1) is 12.2 Å². The Hall–Kier alpha value is -2.16. The number of esters is 1. The van der Waals surface area contributed by atoms with Crippen molar-refractivity contribution in [1.29, 1.82) is 0 Å². The van der Waals surface area contributed by atoms with E-state index in [1.807, 2.05) is 0 Å². The molecule has 158 valence electrons. The topological polar surface area (TPSA) is 26.3 Å². The van der Waals surface area contributed by atoms with Crippen LogP contribution >= 0.6 is 0 Å². The summed E-state index contributed by atoms with van der Waals surface area (Å²) >= 11 is 0. The van der Waals surface area contributed by atoms with Crippen LogP contribution in [-0.4, -0.2) is 12.6 Å². The molecule has 0 radical (unpaired) electrons. The third-order valence-corrected chi connectivity index (χ3v) is 5.90. The van der Waals surface area contributed by atoms with Crippen LogP contribution in [0, 0.1) is 5.41 Å². The van der Waals surface area contributed by atoms with Crippen LogP contribution in [0.1, 0.15) is 89.1 Å². The van der Waals surface area contributed by atoms with Gasteiger partial charge in [-0.2, -0.15) is 0 Å². The molecule has 0 spiro atoms. The first-order chi connectivity index (χ1) is 13.7. The van der Waals surface area contributed by atoms with Gasteiger partial charge in [0, 0.05) is 5.56 Å². The third-order valence-electron chi connectivity index (χ3n) is 5.90. The predicted molar refractivity (Wildman–Crippen MR) is 119 cm³/mol. The molecular weight excluding hydrogens is 363 g/mol. The van der Waals surface area contributed by atoms with E-state index in [2.05, 4.69) is 34.3 Å². The van der Waals surface area contributed by atoms with Crippen molar-refractivity contribution in [3.05, 3.63) is 64.3 Å². The molecular formula is C26H35FO2. The van der Waals surface area contributed by atoms with E-state index in [0.717, 1.165) is 44.1 Å². The number of halogens is 1. The lowest BCUT2D eigenvalue weighted by Gasteiger charge is -2.36. The molecule has 1 aliphatic carbocycles. The smallest absolute Gasteiger partial charge is 0.338 e. The van der Waals surface area contributed by atoms with E-state index in [1.165, 1.54) is 11.1 Å². The van der Waals surface area contributed by atoms with Crippen molar-refractivity contribution >= 4 is 11.8 Å². The molecule has 0 saturated carbocycles. The number of carbonyl (C=O) groups excluding carboxylic acids is 1. The summed E-state index contributed by atoms with van der Waals surface area (Å²) in [5.41, 5.74) is 4.74.